The first kappa shape index (κ1) is 18.3. The minimum absolute atomic E-state index is 0.0525. The van der Waals surface area contributed by atoms with E-state index >= 15 is 0 Å². The summed E-state index contributed by atoms with van der Waals surface area (Å²) in [6.45, 7) is 2.46. The van der Waals surface area contributed by atoms with E-state index in [1.54, 1.807) is 23.2 Å². The number of nitrogens with one attached hydrogen (secondary N) is 1. The van der Waals surface area contributed by atoms with Crippen molar-refractivity contribution in [3.63, 3.8) is 0 Å². The van der Waals surface area contributed by atoms with E-state index in [0.717, 1.165) is 5.56 Å². The van der Waals surface area contributed by atoms with Gasteiger partial charge in [0.05, 0.1) is 6.26 Å². The van der Waals surface area contributed by atoms with Gasteiger partial charge in [-0.2, -0.15) is 5.26 Å². The van der Waals surface area contributed by atoms with Crippen molar-refractivity contribution in [1.82, 2.24) is 15.1 Å². The van der Waals surface area contributed by atoms with Gasteiger partial charge in [-0.25, -0.2) is 0 Å². The van der Waals surface area contributed by atoms with Gasteiger partial charge in [0.15, 0.2) is 5.76 Å². The van der Waals surface area contributed by atoms with Crippen LogP contribution in [0.4, 0.5) is 0 Å². The molecule has 1 aliphatic heterocycles. The van der Waals surface area contributed by atoms with Gasteiger partial charge in [-0.15, -0.1) is 0 Å². The first-order chi connectivity index (χ1) is 13.2. The molecule has 1 aromatic carbocycles. The summed E-state index contributed by atoms with van der Waals surface area (Å²) in [6, 6.07) is 14.8. The Kier molecular flexibility index (Phi) is 5.90. The van der Waals surface area contributed by atoms with Crippen molar-refractivity contribution < 1.29 is 14.0 Å². The predicted octanol–water partition coefficient (Wildman–Crippen LogP) is 1.76. The van der Waals surface area contributed by atoms with Crippen LogP contribution in [0, 0.1) is 11.3 Å². The summed E-state index contributed by atoms with van der Waals surface area (Å²) in [7, 11) is 0. The van der Waals surface area contributed by atoms with E-state index in [1.165, 1.54) is 6.26 Å². The Labute approximate surface area is 157 Å². The molecule has 138 valence electrons. The second-order valence-corrected chi connectivity index (χ2v) is 6.13. The average Bonchev–Trinajstić information content (AvgIpc) is 3.26. The Morgan fingerprint density at radius 3 is 2.48 bits per heavy atom. The molecule has 2 aromatic rings. The first-order valence-corrected chi connectivity index (χ1v) is 8.68. The number of furan rings is 1. The topological polar surface area (TPSA) is 89.6 Å². The molecule has 3 rings (SSSR count). The summed E-state index contributed by atoms with van der Waals surface area (Å²) >= 11 is 0. The zero-order valence-corrected chi connectivity index (χ0v) is 14.8. The summed E-state index contributed by atoms with van der Waals surface area (Å²) in [5.74, 6) is -0.239. The van der Waals surface area contributed by atoms with Gasteiger partial charge in [0.25, 0.3) is 11.8 Å². The molecule has 0 saturated carbocycles. The zero-order chi connectivity index (χ0) is 19.1. The van der Waals surface area contributed by atoms with E-state index in [-0.39, 0.29) is 11.5 Å². The predicted molar refractivity (Wildman–Crippen MR) is 98.2 cm³/mol. The van der Waals surface area contributed by atoms with Crippen LogP contribution in [-0.2, 0) is 11.3 Å². The van der Waals surface area contributed by atoms with E-state index in [9.17, 15) is 14.9 Å². The van der Waals surface area contributed by atoms with Gasteiger partial charge >= 0.3 is 0 Å². The van der Waals surface area contributed by atoms with Crippen LogP contribution in [0.5, 0.6) is 0 Å². The van der Waals surface area contributed by atoms with Crippen molar-refractivity contribution in [2.45, 2.75) is 6.54 Å². The first-order valence-electron chi connectivity index (χ1n) is 8.68. The van der Waals surface area contributed by atoms with E-state index < -0.39 is 5.91 Å². The molecule has 0 spiro atoms. The third-order valence-electron chi connectivity index (χ3n) is 4.31. The van der Waals surface area contributed by atoms with Gasteiger partial charge in [0.1, 0.15) is 11.6 Å². The molecule has 1 aromatic heterocycles. The number of amides is 2. The van der Waals surface area contributed by atoms with Crippen LogP contribution in [-0.4, -0.2) is 47.8 Å². The molecule has 0 bridgehead atoms. The summed E-state index contributed by atoms with van der Waals surface area (Å²) in [6.07, 6.45) is 3.04. The number of nitrogens with zero attached hydrogens (tertiary/aromatic N) is 3. The van der Waals surface area contributed by atoms with E-state index in [4.69, 9.17) is 4.42 Å². The van der Waals surface area contributed by atoms with Crippen molar-refractivity contribution in [1.29, 1.82) is 5.26 Å². The number of nitriles is 1. The normalized spacial score (nSPS) is 14.6. The number of benzene rings is 1. The fraction of sp³-hybridized carbons (Fsp3) is 0.250. The molecule has 7 heteroatoms. The van der Waals surface area contributed by atoms with Crippen LogP contribution in [0.15, 0.2) is 64.9 Å². The Hall–Kier alpha value is -3.53. The van der Waals surface area contributed by atoms with E-state index in [2.05, 4.69) is 5.32 Å². The van der Waals surface area contributed by atoms with Crippen molar-refractivity contribution in [3.05, 3.63) is 71.8 Å². The lowest BCUT2D eigenvalue weighted by atomic mass is 10.2. The molecule has 7 nitrogen and oxygen atoms in total. The number of carbonyl (C=O) groups excluding carboxylic acids is 2. The lowest BCUT2D eigenvalue weighted by Crippen LogP contribution is -2.47. The molecule has 1 fully saturated rings. The smallest absolute Gasteiger partial charge is 0.289 e. The maximum absolute atomic E-state index is 12.3. The second kappa shape index (κ2) is 8.72. The Morgan fingerprint density at radius 1 is 1.11 bits per heavy atom. The molecule has 1 saturated heterocycles. The highest BCUT2D eigenvalue weighted by atomic mass is 16.3. The second-order valence-electron chi connectivity index (χ2n) is 6.13. The minimum atomic E-state index is -0.407. The molecule has 0 aliphatic carbocycles. The van der Waals surface area contributed by atoms with Crippen LogP contribution >= 0.6 is 0 Å². The van der Waals surface area contributed by atoms with Crippen LogP contribution in [0.3, 0.4) is 0 Å². The maximum atomic E-state index is 12.3. The molecule has 0 unspecified atom stereocenters. The molecular formula is C20H20N4O3. The summed E-state index contributed by atoms with van der Waals surface area (Å²) in [4.78, 5) is 28.1. The van der Waals surface area contributed by atoms with Gasteiger partial charge in [0, 0.05) is 38.9 Å². The van der Waals surface area contributed by atoms with Crippen LogP contribution < -0.4 is 5.32 Å². The number of hydrogen-bond acceptors (Lipinski definition) is 5. The molecule has 0 atom stereocenters. The fourth-order valence-corrected chi connectivity index (χ4v) is 2.80. The Morgan fingerprint density at radius 2 is 1.85 bits per heavy atom. The Balaban J connectivity index is 1.53. The molecule has 27 heavy (non-hydrogen) atoms. The molecule has 2 amide bonds. The lowest BCUT2D eigenvalue weighted by molar-refractivity contribution is -0.117. The zero-order valence-electron chi connectivity index (χ0n) is 14.8. The molecular weight excluding hydrogens is 344 g/mol. The van der Waals surface area contributed by atoms with E-state index in [0.29, 0.717) is 38.5 Å². The molecule has 2 heterocycles. The maximum Gasteiger partial charge on any atom is 0.289 e. The van der Waals surface area contributed by atoms with Gasteiger partial charge in [-0.3, -0.25) is 9.59 Å². The highest BCUT2D eigenvalue weighted by Crippen LogP contribution is 2.10. The quantitative estimate of drug-likeness (QED) is 0.645. The van der Waals surface area contributed by atoms with Gasteiger partial charge < -0.3 is 19.5 Å². The highest BCUT2D eigenvalue weighted by Gasteiger charge is 2.23. The fourth-order valence-electron chi connectivity index (χ4n) is 2.80. The van der Waals surface area contributed by atoms with Crippen LogP contribution in [0.25, 0.3) is 0 Å². The van der Waals surface area contributed by atoms with Crippen molar-refractivity contribution in [2.24, 2.45) is 0 Å². The van der Waals surface area contributed by atoms with Crippen molar-refractivity contribution in [2.75, 3.05) is 26.2 Å². The molecule has 1 aliphatic rings. The third-order valence-corrected chi connectivity index (χ3v) is 4.31. The molecule has 0 radical (unpaired) electrons. The van der Waals surface area contributed by atoms with Crippen molar-refractivity contribution in [3.8, 4) is 6.07 Å². The van der Waals surface area contributed by atoms with Crippen LogP contribution in [0.1, 0.15) is 16.1 Å². The number of hydrogen-bond donors (Lipinski definition) is 1. The number of carbonyl (C=O) groups is 2. The SMILES string of the molecule is N#C/C(=C/N1CCN(C(=O)c2ccco2)CC1)C(=O)NCc1ccccc1. The van der Waals surface area contributed by atoms with Gasteiger partial charge in [0.2, 0.25) is 0 Å². The number of rotatable bonds is 5. The minimum Gasteiger partial charge on any atom is -0.459 e. The Bertz CT molecular complexity index is 845. The lowest BCUT2D eigenvalue weighted by Gasteiger charge is -2.33. The largest absolute Gasteiger partial charge is 0.459 e. The highest BCUT2D eigenvalue weighted by molar-refractivity contribution is 5.97. The van der Waals surface area contributed by atoms with E-state index in [1.807, 2.05) is 41.3 Å². The van der Waals surface area contributed by atoms with Crippen molar-refractivity contribution >= 4 is 11.8 Å². The van der Waals surface area contributed by atoms with Gasteiger partial charge in [-0.1, -0.05) is 30.3 Å². The summed E-state index contributed by atoms with van der Waals surface area (Å²) < 4.78 is 5.14. The molecule has 1 N–H and O–H groups in total. The third kappa shape index (κ3) is 4.76. The monoisotopic (exact) mass is 364 g/mol. The standard InChI is InChI=1S/C20H20N4O3/c21-13-17(19(25)22-14-16-5-2-1-3-6-16)15-23-8-10-24(11-9-23)20(26)18-7-4-12-27-18/h1-7,12,15H,8-11,14H2,(H,22,25)/b17-15-. The number of piperazine rings is 1. The van der Waals surface area contributed by atoms with Crippen LogP contribution in [0.2, 0.25) is 0 Å². The summed E-state index contributed by atoms with van der Waals surface area (Å²) in [5.41, 5.74) is 1.02. The average molecular weight is 364 g/mol. The van der Waals surface area contributed by atoms with Gasteiger partial charge in [-0.05, 0) is 17.7 Å². The summed E-state index contributed by atoms with van der Waals surface area (Å²) in [5, 5.41) is 12.1.